The average Bonchev–Trinajstić information content (AvgIpc) is 3.63. The summed E-state index contributed by atoms with van der Waals surface area (Å²) in [5.41, 5.74) is 4.59. The number of para-hydroxylation sites is 1. The van der Waals surface area contributed by atoms with Gasteiger partial charge in [0.05, 0.1) is 30.0 Å². The molecule has 0 spiro atoms. The van der Waals surface area contributed by atoms with Crippen LogP contribution in [0.3, 0.4) is 0 Å². The Kier molecular flexibility index (Phi) is 7.58. The second-order valence-electron chi connectivity index (χ2n) is 8.74. The minimum atomic E-state index is -0.138. The number of thiocarbonyl (C=S) groups is 1. The van der Waals surface area contributed by atoms with Gasteiger partial charge in [-0.3, -0.25) is 9.69 Å². The quantitative estimate of drug-likeness (QED) is 0.132. The first-order valence-corrected chi connectivity index (χ1v) is 13.4. The van der Waals surface area contributed by atoms with Gasteiger partial charge in [0.15, 0.2) is 0 Å². The van der Waals surface area contributed by atoms with E-state index in [0.29, 0.717) is 28.1 Å². The molecule has 1 aliphatic rings. The molecule has 1 saturated heterocycles. The van der Waals surface area contributed by atoms with Crippen LogP contribution in [0.5, 0.6) is 5.75 Å². The number of amides is 1. The molecule has 0 radical (unpaired) electrons. The molecule has 0 atom stereocenters. The van der Waals surface area contributed by atoms with Gasteiger partial charge in [-0.1, -0.05) is 55.5 Å². The Morgan fingerprint density at radius 2 is 1.97 bits per heavy atom. The molecule has 3 heterocycles. The van der Waals surface area contributed by atoms with Gasteiger partial charge in [0, 0.05) is 17.3 Å². The van der Waals surface area contributed by atoms with Crippen LogP contribution in [-0.2, 0) is 11.3 Å². The number of carbonyl (C=O) groups is 1. The molecule has 1 aliphatic heterocycles. The molecule has 1 amide bonds. The molecule has 6 nitrogen and oxygen atoms in total. The Morgan fingerprint density at radius 3 is 2.70 bits per heavy atom. The number of hydrogen-bond acceptors (Lipinski definition) is 6. The first-order chi connectivity index (χ1) is 18.0. The second-order valence-corrected chi connectivity index (χ2v) is 10.4. The lowest BCUT2D eigenvalue weighted by molar-refractivity contribution is -0.122. The van der Waals surface area contributed by atoms with Gasteiger partial charge in [0.25, 0.3) is 5.91 Å². The number of nitrogens with zero attached hydrogens (tertiary/aromatic N) is 3. The van der Waals surface area contributed by atoms with E-state index < -0.39 is 0 Å². The van der Waals surface area contributed by atoms with E-state index >= 15 is 0 Å². The van der Waals surface area contributed by atoms with Crippen molar-refractivity contribution >= 4 is 40.3 Å². The van der Waals surface area contributed by atoms with Crippen molar-refractivity contribution in [2.24, 2.45) is 0 Å². The summed E-state index contributed by atoms with van der Waals surface area (Å²) in [5, 5.41) is 4.93. The highest BCUT2D eigenvalue weighted by Crippen LogP contribution is 2.36. The lowest BCUT2D eigenvalue weighted by atomic mass is 10.0. The molecule has 8 heteroatoms. The second kappa shape index (κ2) is 11.2. The van der Waals surface area contributed by atoms with Crippen molar-refractivity contribution in [3.63, 3.8) is 0 Å². The van der Waals surface area contributed by atoms with Crippen LogP contribution in [0, 0.1) is 6.92 Å². The van der Waals surface area contributed by atoms with Crippen molar-refractivity contribution in [3.05, 3.63) is 94.9 Å². The molecule has 0 bridgehead atoms. The highest BCUT2D eigenvalue weighted by molar-refractivity contribution is 8.26. The zero-order valence-electron chi connectivity index (χ0n) is 20.7. The number of aromatic nitrogens is 2. The van der Waals surface area contributed by atoms with E-state index in [-0.39, 0.29) is 5.91 Å². The number of aryl methyl sites for hydroxylation is 1. The summed E-state index contributed by atoms with van der Waals surface area (Å²) >= 11 is 6.82. The Bertz CT molecular complexity index is 1440. The fourth-order valence-electron chi connectivity index (χ4n) is 4.08. The Balaban J connectivity index is 1.51. The summed E-state index contributed by atoms with van der Waals surface area (Å²) in [7, 11) is 0. The van der Waals surface area contributed by atoms with Gasteiger partial charge in [-0.05, 0) is 67.4 Å². The minimum Gasteiger partial charge on any atom is -0.494 e. The number of carbonyl (C=O) groups excluding carboxylic acids is 1. The van der Waals surface area contributed by atoms with E-state index in [9.17, 15) is 4.79 Å². The molecule has 0 N–H and O–H groups in total. The Labute approximate surface area is 225 Å². The Morgan fingerprint density at radius 1 is 1.14 bits per heavy atom. The highest BCUT2D eigenvalue weighted by Gasteiger charge is 2.33. The van der Waals surface area contributed by atoms with Gasteiger partial charge in [0.2, 0.25) is 0 Å². The molecular weight excluding hydrogens is 502 g/mol. The van der Waals surface area contributed by atoms with E-state index in [2.05, 4.69) is 13.8 Å². The maximum Gasteiger partial charge on any atom is 0.266 e. The van der Waals surface area contributed by atoms with Gasteiger partial charge >= 0.3 is 0 Å². The van der Waals surface area contributed by atoms with Gasteiger partial charge in [0.1, 0.15) is 21.5 Å². The lowest BCUT2D eigenvalue weighted by Crippen LogP contribution is -2.27. The first kappa shape index (κ1) is 25.0. The number of hydrogen-bond donors (Lipinski definition) is 0. The molecule has 188 valence electrons. The fraction of sp³-hybridized carbons (Fsp3) is 0.207. The predicted octanol–water partition coefficient (Wildman–Crippen LogP) is 7.02. The molecule has 1 fully saturated rings. The maximum absolute atomic E-state index is 13.3. The van der Waals surface area contributed by atoms with Crippen molar-refractivity contribution in [3.8, 4) is 22.7 Å². The first-order valence-electron chi connectivity index (χ1n) is 12.2. The topological polar surface area (TPSA) is 60.5 Å². The molecule has 37 heavy (non-hydrogen) atoms. The zero-order valence-corrected chi connectivity index (χ0v) is 22.3. The van der Waals surface area contributed by atoms with Crippen LogP contribution >= 0.6 is 24.0 Å². The summed E-state index contributed by atoms with van der Waals surface area (Å²) < 4.78 is 13.7. The van der Waals surface area contributed by atoms with Gasteiger partial charge < -0.3 is 9.15 Å². The summed E-state index contributed by atoms with van der Waals surface area (Å²) in [4.78, 5) is 15.4. The van der Waals surface area contributed by atoms with E-state index in [1.807, 2.05) is 71.6 Å². The largest absolute Gasteiger partial charge is 0.494 e. The van der Waals surface area contributed by atoms with E-state index in [1.54, 1.807) is 17.2 Å². The van der Waals surface area contributed by atoms with E-state index in [4.69, 9.17) is 26.5 Å². The number of ether oxygens (including phenoxy) is 1. The van der Waals surface area contributed by atoms with Crippen LogP contribution < -0.4 is 4.74 Å². The number of unbranched alkanes of at least 4 members (excludes halogenated alkanes) is 1. The molecule has 5 rings (SSSR count). The van der Waals surface area contributed by atoms with Crippen LogP contribution in [0.2, 0.25) is 0 Å². The van der Waals surface area contributed by atoms with Gasteiger partial charge in [-0.25, -0.2) is 4.68 Å². The van der Waals surface area contributed by atoms with Crippen molar-refractivity contribution in [1.82, 2.24) is 14.7 Å². The van der Waals surface area contributed by atoms with Crippen LogP contribution in [0.1, 0.15) is 36.7 Å². The fourth-order valence-corrected chi connectivity index (χ4v) is 5.32. The smallest absolute Gasteiger partial charge is 0.266 e. The molecule has 4 aromatic rings. The summed E-state index contributed by atoms with van der Waals surface area (Å²) in [5.74, 6) is 1.39. The van der Waals surface area contributed by atoms with Gasteiger partial charge in [-0.15, -0.1) is 0 Å². The third kappa shape index (κ3) is 5.55. The average molecular weight is 530 g/mol. The SMILES string of the molecule is CCCCOc1ccc(-c2nn(-c3ccccc3)cc2/C=C2\SC(=S)N(Cc3ccco3)C2=O)c(C)c1. The van der Waals surface area contributed by atoms with Gasteiger partial charge in [-0.2, -0.15) is 5.10 Å². The lowest BCUT2D eigenvalue weighted by Gasteiger charge is -2.12. The molecular formula is C29H27N3O3S2. The number of thioether (sulfide) groups is 1. The van der Waals surface area contributed by atoms with Crippen molar-refractivity contribution in [2.45, 2.75) is 33.2 Å². The van der Waals surface area contributed by atoms with Crippen molar-refractivity contribution in [1.29, 1.82) is 0 Å². The van der Waals surface area contributed by atoms with Crippen LogP contribution in [-0.4, -0.2) is 31.5 Å². The predicted molar refractivity (Wildman–Crippen MR) is 152 cm³/mol. The molecule has 0 saturated carbocycles. The maximum atomic E-state index is 13.3. The normalized spacial score (nSPS) is 14.6. The standard InChI is InChI=1S/C29H27N3O3S2/c1-3-4-14-34-23-12-13-25(20(2)16-23)27-21(18-32(30-27)22-9-6-5-7-10-22)17-26-28(33)31(29(36)37-26)19-24-11-8-15-35-24/h5-13,15-18H,3-4,14,19H2,1-2H3/b26-17-. The monoisotopic (exact) mass is 529 g/mol. The van der Waals surface area contributed by atoms with Crippen LogP contribution in [0.25, 0.3) is 23.0 Å². The number of furan rings is 1. The number of benzene rings is 2. The highest BCUT2D eigenvalue weighted by atomic mass is 32.2. The van der Waals surface area contributed by atoms with Crippen molar-refractivity contribution < 1.29 is 13.9 Å². The summed E-state index contributed by atoms with van der Waals surface area (Å²) in [6.45, 7) is 5.20. The summed E-state index contributed by atoms with van der Waals surface area (Å²) in [6.07, 6.45) is 7.54. The molecule has 2 aromatic carbocycles. The van der Waals surface area contributed by atoms with Crippen LogP contribution in [0.4, 0.5) is 0 Å². The molecule has 0 aliphatic carbocycles. The third-order valence-corrected chi connectivity index (χ3v) is 7.41. The molecule has 2 aromatic heterocycles. The van der Waals surface area contributed by atoms with E-state index in [1.165, 1.54) is 11.8 Å². The minimum absolute atomic E-state index is 0.138. The van der Waals surface area contributed by atoms with E-state index in [0.717, 1.165) is 46.7 Å². The number of rotatable bonds is 9. The van der Waals surface area contributed by atoms with Crippen molar-refractivity contribution in [2.75, 3.05) is 6.61 Å². The molecule has 0 unspecified atom stereocenters. The summed E-state index contributed by atoms with van der Waals surface area (Å²) in [6, 6.07) is 19.6. The van der Waals surface area contributed by atoms with Crippen LogP contribution in [0.15, 0.2) is 82.4 Å². The third-order valence-electron chi connectivity index (χ3n) is 6.04. The Hall–Kier alpha value is -3.62. The zero-order chi connectivity index (χ0) is 25.8.